The molecule has 1 unspecified atom stereocenters. The second kappa shape index (κ2) is 4.37. The van der Waals surface area contributed by atoms with E-state index in [1.54, 1.807) is 6.07 Å². The zero-order valence-electron chi connectivity index (χ0n) is 7.87. The summed E-state index contributed by atoms with van der Waals surface area (Å²) in [6.45, 7) is 2.25. The molecule has 1 aromatic carbocycles. The Bertz CT molecular complexity index is 315. The summed E-state index contributed by atoms with van der Waals surface area (Å²) in [7, 11) is 0. The number of hydrogen-bond donors (Lipinski definition) is 2. The van der Waals surface area contributed by atoms with E-state index in [4.69, 9.17) is 10.8 Å². The molecular weight excluding hydrogens is 188 g/mol. The Morgan fingerprint density at radius 2 is 2.07 bits per heavy atom. The van der Waals surface area contributed by atoms with Crippen LogP contribution in [0.25, 0.3) is 0 Å². The van der Waals surface area contributed by atoms with Crippen molar-refractivity contribution in [1.82, 2.24) is 0 Å². The highest BCUT2D eigenvalue weighted by atomic mass is 19.3. The molecule has 0 fully saturated rings. The van der Waals surface area contributed by atoms with Crippen molar-refractivity contribution in [2.45, 2.75) is 19.3 Å². The summed E-state index contributed by atoms with van der Waals surface area (Å²) in [5.41, 5.74) is 5.81. The maximum atomic E-state index is 12.4. The summed E-state index contributed by atoms with van der Waals surface area (Å²) in [5.74, 6) is -0.346. The van der Waals surface area contributed by atoms with Gasteiger partial charge in [-0.25, -0.2) is 8.78 Å². The molecule has 0 spiro atoms. The topological polar surface area (TPSA) is 46.2 Å². The molecular formula is C10H13F2NO. The molecule has 4 heteroatoms. The molecule has 14 heavy (non-hydrogen) atoms. The molecule has 0 heterocycles. The van der Waals surface area contributed by atoms with Crippen LogP contribution in [0.1, 0.15) is 30.4 Å². The summed E-state index contributed by atoms with van der Waals surface area (Å²) in [6, 6.07) is 4.19. The molecule has 0 aliphatic heterocycles. The van der Waals surface area contributed by atoms with E-state index in [1.165, 1.54) is 12.1 Å². The van der Waals surface area contributed by atoms with Gasteiger partial charge in [0.2, 0.25) is 0 Å². The molecule has 1 rings (SSSR count). The zero-order valence-corrected chi connectivity index (χ0v) is 7.87. The number of phenols is 1. The number of benzene rings is 1. The van der Waals surface area contributed by atoms with Crippen LogP contribution in [0.4, 0.5) is 8.78 Å². The van der Waals surface area contributed by atoms with Crippen LogP contribution < -0.4 is 5.73 Å². The van der Waals surface area contributed by atoms with Crippen LogP contribution in [0.5, 0.6) is 5.75 Å². The van der Waals surface area contributed by atoms with E-state index in [0.29, 0.717) is 6.54 Å². The van der Waals surface area contributed by atoms with Gasteiger partial charge in [0.1, 0.15) is 5.75 Å². The first kappa shape index (κ1) is 10.9. The van der Waals surface area contributed by atoms with Crippen molar-refractivity contribution in [3.8, 4) is 5.75 Å². The Hall–Kier alpha value is -1.16. The highest BCUT2D eigenvalue weighted by Crippen LogP contribution is 2.30. The van der Waals surface area contributed by atoms with Crippen molar-refractivity contribution in [3.63, 3.8) is 0 Å². The summed E-state index contributed by atoms with van der Waals surface area (Å²) in [6.07, 6.45) is -2.65. The van der Waals surface area contributed by atoms with Crippen molar-refractivity contribution < 1.29 is 13.9 Å². The summed E-state index contributed by atoms with van der Waals surface area (Å²) in [5, 5.41) is 9.15. The average Bonchev–Trinajstić information content (AvgIpc) is 2.17. The van der Waals surface area contributed by atoms with Crippen LogP contribution >= 0.6 is 0 Å². The summed E-state index contributed by atoms with van der Waals surface area (Å²) < 4.78 is 24.8. The fourth-order valence-corrected chi connectivity index (χ4v) is 1.19. The number of phenolic OH excluding ortho intramolecular Hbond substituents is 1. The quantitative estimate of drug-likeness (QED) is 0.788. The van der Waals surface area contributed by atoms with Crippen LogP contribution in [0, 0.1) is 0 Å². The van der Waals surface area contributed by atoms with Gasteiger partial charge in [0, 0.05) is 0 Å². The maximum absolute atomic E-state index is 12.4. The highest BCUT2D eigenvalue weighted by Gasteiger charge is 2.14. The van der Waals surface area contributed by atoms with Gasteiger partial charge in [-0.15, -0.1) is 0 Å². The van der Waals surface area contributed by atoms with E-state index >= 15 is 0 Å². The lowest BCUT2D eigenvalue weighted by Gasteiger charge is -2.11. The molecule has 1 atom stereocenters. The van der Waals surface area contributed by atoms with E-state index in [0.717, 1.165) is 5.56 Å². The van der Waals surface area contributed by atoms with E-state index in [2.05, 4.69) is 0 Å². The summed E-state index contributed by atoms with van der Waals surface area (Å²) >= 11 is 0. The van der Waals surface area contributed by atoms with Gasteiger partial charge in [0.15, 0.2) is 0 Å². The highest BCUT2D eigenvalue weighted by molar-refractivity contribution is 5.38. The molecule has 3 N–H and O–H groups in total. The smallest absolute Gasteiger partial charge is 0.267 e. The van der Waals surface area contributed by atoms with E-state index in [-0.39, 0.29) is 17.2 Å². The van der Waals surface area contributed by atoms with Crippen molar-refractivity contribution in [2.75, 3.05) is 6.54 Å². The molecule has 0 bridgehead atoms. The Kier molecular flexibility index (Phi) is 3.41. The second-order valence-corrected chi connectivity index (χ2v) is 3.26. The molecule has 2 nitrogen and oxygen atoms in total. The van der Waals surface area contributed by atoms with E-state index < -0.39 is 6.43 Å². The molecule has 1 aromatic rings. The minimum atomic E-state index is -2.65. The van der Waals surface area contributed by atoms with E-state index in [9.17, 15) is 8.78 Å². The van der Waals surface area contributed by atoms with Crippen LogP contribution in [0.3, 0.4) is 0 Å². The fraction of sp³-hybridized carbons (Fsp3) is 0.400. The number of nitrogens with two attached hydrogens (primary N) is 1. The lowest BCUT2D eigenvalue weighted by molar-refractivity contribution is 0.147. The lowest BCUT2D eigenvalue weighted by Crippen LogP contribution is -2.09. The monoisotopic (exact) mass is 201 g/mol. The van der Waals surface area contributed by atoms with Crippen molar-refractivity contribution in [2.24, 2.45) is 5.73 Å². The van der Waals surface area contributed by atoms with Crippen LogP contribution in [0.2, 0.25) is 0 Å². The second-order valence-electron chi connectivity index (χ2n) is 3.26. The third kappa shape index (κ3) is 2.20. The van der Waals surface area contributed by atoms with Gasteiger partial charge < -0.3 is 10.8 Å². The average molecular weight is 201 g/mol. The van der Waals surface area contributed by atoms with Crippen LogP contribution in [-0.4, -0.2) is 11.7 Å². The van der Waals surface area contributed by atoms with Gasteiger partial charge in [-0.05, 0) is 30.2 Å². The van der Waals surface area contributed by atoms with Gasteiger partial charge >= 0.3 is 0 Å². The fourth-order valence-electron chi connectivity index (χ4n) is 1.19. The minimum absolute atomic E-state index is 0.0214. The molecule has 0 saturated heterocycles. The maximum Gasteiger partial charge on any atom is 0.267 e. The minimum Gasteiger partial charge on any atom is -0.507 e. The third-order valence-corrected chi connectivity index (χ3v) is 2.21. The van der Waals surface area contributed by atoms with Gasteiger partial charge in [-0.3, -0.25) is 0 Å². The Morgan fingerprint density at radius 3 is 2.57 bits per heavy atom. The molecule has 0 aliphatic carbocycles. The van der Waals surface area contributed by atoms with E-state index in [1.807, 2.05) is 6.92 Å². The van der Waals surface area contributed by atoms with Gasteiger partial charge in [0.05, 0.1) is 5.56 Å². The normalized spacial score (nSPS) is 13.2. The third-order valence-electron chi connectivity index (χ3n) is 2.21. The molecule has 78 valence electrons. The summed E-state index contributed by atoms with van der Waals surface area (Å²) in [4.78, 5) is 0. The first-order valence-electron chi connectivity index (χ1n) is 4.37. The molecule has 0 saturated carbocycles. The standard InChI is InChI=1S/C10H13F2NO/c1-6(5-13)7-2-3-9(14)8(4-7)10(11)12/h2-4,6,10,14H,5,13H2,1H3. The van der Waals surface area contributed by atoms with Crippen molar-refractivity contribution >= 4 is 0 Å². The number of aromatic hydroxyl groups is 1. The first-order valence-corrected chi connectivity index (χ1v) is 4.37. The number of alkyl halides is 2. The SMILES string of the molecule is CC(CN)c1ccc(O)c(C(F)F)c1. The predicted molar refractivity (Wildman–Crippen MR) is 50.5 cm³/mol. The molecule has 0 aliphatic rings. The van der Waals surface area contributed by atoms with Gasteiger partial charge in [0.25, 0.3) is 6.43 Å². The Morgan fingerprint density at radius 1 is 1.43 bits per heavy atom. The van der Waals surface area contributed by atoms with Crippen LogP contribution in [-0.2, 0) is 0 Å². The Labute approximate surface area is 81.4 Å². The zero-order chi connectivity index (χ0) is 10.7. The largest absolute Gasteiger partial charge is 0.507 e. The predicted octanol–water partition coefficient (Wildman–Crippen LogP) is 2.39. The van der Waals surface area contributed by atoms with Gasteiger partial charge in [-0.2, -0.15) is 0 Å². The van der Waals surface area contributed by atoms with Crippen molar-refractivity contribution in [1.29, 1.82) is 0 Å². The molecule has 0 amide bonds. The lowest BCUT2D eigenvalue weighted by atomic mass is 9.99. The number of rotatable bonds is 3. The van der Waals surface area contributed by atoms with Gasteiger partial charge in [-0.1, -0.05) is 13.0 Å². The number of hydrogen-bond acceptors (Lipinski definition) is 2. The molecule has 0 radical (unpaired) electrons. The van der Waals surface area contributed by atoms with Crippen molar-refractivity contribution in [3.05, 3.63) is 29.3 Å². The van der Waals surface area contributed by atoms with Crippen LogP contribution in [0.15, 0.2) is 18.2 Å². The first-order chi connectivity index (χ1) is 6.56. The number of halogens is 2. The molecule has 0 aromatic heterocycles. The Balaban J connectivity index is 3.06.